The average Bonchev–Trinajstić information content (AvgIpc) is 2.41. The minimum atomic E-state index is -0.881. The molecule has 0 spiro atoms. The molecule has 1 aromatic rings. The number of rotatable bonds is 6. The molecule has 1 saturated carbocycles. The van der Waals surface area contributed by atoms with Gasteiger partial charge in [0, 0.05) is 25.6 Å². The Morgan fingerprint density at radius 1 is 1.18 bits per heavy atom. The van der Waals surface area contributed by atoms with Crippen LogP contribution in [0, 0.1) is 5.41 Å². The summed E-state index contributed by atoms with van der Waals surface area (Å²) in [5.74, 6) is -1.26. The first-order valence-corrected chi connectivity index (χ1v) is 7.28. The Morgan fingerprint density at radius 3 is 2.27 bits per heavy atom. The van der Waals surface area contributed by atoms with Gasteiger partial charge in [0.05, 0.1) is 5.41 Å². The fourth-order valence-electron chi connectivity index (χ4n) is 2.55. The Balaban J connectivity index is 1.83. The molecule has 22 heavy (non-hydrogen) atoms. The van der Waals surface area contributed by atoms with Gasteiger partial charge in [-0.25, -0.2) is 0 Å². The van der Waals surface area contributed by atoms with Crippen LogP contribution in [0.4, 0.5) is 5.69 Å². The van der Waals surface area contributed by atoms with Crippen molar-refractivity contribution in [1.82, 2.24) is 5.32 Å². The van der Waals surface area contributed by atoms with E-state index in [1.165, 1.54) is 6.92 Å². The van der Waals surface area contributed by atoms with Crippen LogP contribution >= 0.6 is 0 Å². The first-order valence-electron chi connectivity index (χ1n) is 7.28. The van der Waals surface area contributed by atoms with Crippen molar-refractivity contribution < 1.29 is 19.5 Å². The Labute approximate surface area is 128 Å². The maximum Gasteiger partial charge on any atom is 0.310 e. The summed E-state index contributed by atoms with van der Waals surface area (Å²) in [6.45, 7) is 1.78. The lowest BCUT2D eigenvalue weighted by atomic mass is 9.66. The van der Waals surface area contributed by atoms with Gasteiger partial charge < -0.3 is 15.7 Å². The van der Waals surface area contributed by atoms with E-state index in [0.717, 1.165) is 12.0 Å². The number of carbonyl (C=O) groups is 3. The number of nitrogens with one attached hydrogen (secondary N) is 2. The Hall–Kier alpha value is -2.37. The smallest absolute Gasteiger partial charge is 0.310 e. The molecule has 2 amide bonds. The lowest BCUT2D eigenvalue weighted by Crippen LogP contribution is -2.42. The molecule has 0 unspecified atom stereocenters. The van der Waals surface area contributed by atoms with Crippen molar-refractivity contribution >= 4 is 23.5 Å². The summed E-state index contributed by atoms with van der Waals surface area (Å²) in [5.41, 5.74) is 0.724. The molecule has 1 fully saturated rings. The largest absolute Gasteiger partial charge is 0.481 e. The van der Waals surface area contributed by atoms with Gasteiger partial charge in [-0.15, -0.1) is 0 Å². The number of amides is 2. The Morgan fingerprint density at radius 2 is 1.82 bits per heavy atom. The molecule has 0 atom stereocenters. The van der Waals surface area contributed by atoms with E-state index >= 15 is 0 Å². The van der Waals surface area contributed by atoms with Crippen LogP contribution in [0.3, 0.4) is 0 Å². The van der Waals surface area contributed by atoms with E-state index in [1.807, 2.05) is 12.1 Å². The van der Waals surface area contributed by atoms with E-state index in [2.05, 4.69) is 10.6 Å². The molecule has 2 rings (SSSR count). The molecule has 0 radical (unpaired) electrons. The lowest BCUT2D eigenvalue weighted by Gasteiger charge is -2.36. The molecule has 1 aromatic carbocycles. The standard InChI is InChI=1S/C16H20N2O4/c1-11(19)18-13-5-3-12(4-6-13)10-17-14(20)9-16(15(21)22)7-2-8-16/h3-6H,2,7-10H2,1H3,(H,17,20)(H,18,19)(H,21,22). The first-order chi connectivity index (χ1) is 10.4. The van der Waals surface area contributed by atoms with Gasteiger partial charge in [0.25, 0.3) is 0 Å². The molecule has 6 nitrogen and oxygen atoms in total. The van der Waals surface area contributed by atoms with Crippen molar-refractivity contribution in [3.8, 4) is 0 Å². The number of carbonyl (C=O) groups excluding carboxylic acids is 2. The highest BCUT2D eigenvalue weighted by molar-refractivity contribution is 5.88. The molecule has 1 aliphatic carbocycles. The van der Waals surface area contributed by atoms with Gasteiger partial charge in [-0.1, -0.05) is 18.6 Å². The molecule has 118 valence electrons. The predicted molar refractivity (Wildman–Crippen MR) is 81.1 cm³/mol. The van der Waals surface area contributed by atoms with Gasteiger partial charge in [-0.2, -0.15) is 0 Å². The van der Waals surface area contributed by atoms with Gasteiger partial charge in [-0.05, 0) is 30.5 Å². The van der Waals surface area contributed by atoms with Crippen LogP contribution in [0.1, 0.15) is 38.2 Å². The first kappa shape index (κ1) is 16.0. The van der Waals surface area contributed by atoms with Crippen LogP contribution in [-0.4, -0.2) is 22.9 Å². The quantitative estimate of drug-likeness (QED) is 0.748. The van der Waals surface area contributed by atoms with Crippen LogP contribution in [0.5, 0.6) is 0 Å². The maximum absolute atomic E-state index is 11.9. The molecular weight excluding hydrogens is 284 g/mol. The van der Waals surface area contributed by atoms with Gasteiger partial charge in [0.15, 0.2) is 0 Å². The molecule has 0 saturated heterocycles. The Bertz CT molecular complexity index is 576. The summed E-state index contributed by atoms with van der Waals surface area (Å²) in [6, 6.07) is 7.13. The maximum atomic E-state index is 11.9. The van der Waals surface area contributed by atoms with Gasteiger partial charge in [-0.3, -0.25) is 14.4 Å². The number of anilines is 1. The highest BCUT2D eigenvalue weighted by Gasteiger charge is 2.45. The monoisotopic (exact) mass is 304 g/mol. The summed E-state index contributed by atoms with van der Waals surface area (Å²) in [6.07, 6.45) is 2.04. The summed E-state index contributed by atoms with van der Waals surface area (Å²) in [4.78, 5) is 34.1. The van der Waals surface area contributed by atoms with Crippen molar-refractivity contribution in [3.63, 3.8) is 0 Å². The minimum absolute atomic E-state index is 0.0340. The van der Waals surface area contributed by atoms with E-state index in [-0.39, 0.29) is 18.2 Å². The van der Waals surface area contributed by atoms with E-state index in [9.17, 15) is 19.5 Å². The second-order valence-corrected chi connectivity index (χ2v) is 5.77. The zero-order valence-electron chi connectivity index (χ0n) is 12.5. The minimum Gasteiger partial charge on any atom is -0.481 e. The van der Waals surface area contributed by atoms with Gasteiger partial charge >= 0.3 is 5.97 Å². The van der Waals surface area contributed by atoms with E-state index in [0.29, 0.717) is 25.1 Å². The third kappa shape index (κ3) is 3.84. The average molecular weight is 304 g/mol. The highest BCUT2D eigenvalue weighted by Crippen LogP contribution is 2.44. The summed E-state index contributed by atoms with van der Waals surface area (Å²) in [7, 11) is 0. The topological polar surface area (TPSA) is 95.5 Å². The molecule has 0 aromatic heterocycles. The third-order valence-corrected chi connectivity index (χ3v) is 4.03. The van der Waals surface area contributed by atoms with Gasteiger partial charge in [0.2, 0.25) is 11.8 Å². The molecular formula is C16H20N2O4. The van der Waals surface area contributed by atoms with Crippen LogP contribution in [0.15, 0.2) is 24.3 Å². The molecule has 0 heterocycles. The van der Waals surface area contributed by atoms with Crippen molar-refractivity contribution in [2.45, 2.75) is 39.2 Å². The van der Waals surface area contributed by atoms with Crippen molar-refractivity contribution in [2.24, 2.45) is 5.41 Å². The number of carboxylic acid groups (broad SMARTS) is 1. The van der Waals surface area contributed by atoms with Crippen molar-refractivity contribution in [1.29, 1.82) is 0 Å². The zero-order valence-corrected chi connectivity index (χ0v) is 12.5. The zero-order chi connectivity index (χ0) is 16.2. The van der Waals surface area contributed by atoms with Crippen LogP contribution in [0.2, 0.25) is 0 Å². The predicted octanol–water partition coefficient (Wildman–Crippen LogP) is 1.91. The number of aliphatic carboxylic acids is 1. The second kappa shape index (κ2) is 6.60. The fraction of sp³-hybridized carbons (Fsp3) is 0.438. The third-order valence-electron chi connectivity index (χ3n) is 4.03. The van der Waals surface area contributed by atoms with E-state index < -0.39 is 11.4 Å². The van der Waals surface area contributed by atoms with Crippen molar-refractivity contribution in [2.75, 3.05) is 5.32 Å². The van der Waals surface area contributed by atoms with E-state index in [1.54, 1.807) is 12.1 Å². The summed E-state index contributed by atoms with van der Waals surface area (Å²) in [5, 5.41) is 14.6. The van der Waals surface area contributed by atoms with Crippen LogP contribution in [-0.2, 0) is 20.9 Å². The summed E-state index contributed by atoms with van der Waals surface area (Å²) >= 11 is 0. The second-order valence-electron chi connectivity index (χ2n) is 5.77. The lowest BCUT2D eigenvalue weighted by molar-refractivity contribution is -0.157. The SMILES string of the molecule is CC(=O)Nc1ccc(CNC(=O)CC2(C(=O)O)CCC2)cc1. The number of benzene rings is 1. The van der Waals surface area contributed by atoms with Crippen molar-refractivity contribution in [3.05, 3.63) is 29.8 Å². The highest BCUT2D eigenvalue weighted by atomic mass is 16.4. The van der Waals surface area contributed by atoms with E-state index in [4.69, 9.17) is 0 Å². The molecule has 0 bridgehead atoms. The fourth-order valence-corrected chi connectivity index (χ4v) is 2.55. The molecule has 3 N–H and O–H groups in total. The number of hydrogen-bond donors (Lipinski definition) is 3. The van der Waals surface area contributed by atoms with Crippen LogP contribution < -0.4 is 10.6 Å². The molecule has 6 heteroatoms. The molecule has 1 aliphatic rings. The number of hydrogen-bond acceptors (Lipinski definition) is 3. The molecule has 0 aliphatic heterocycles. The Kier molecular flexibility index (Phi) is 4.80. The van der Waals surface area contributed by atoms with Crippen LogP contribution in [0.25, 0.3) is 0 Å². The summed E-state index contributed by atoms with van der Waals surface area (Å²) < 4.78 is 0. The van der Waals surface area contributed by atoms with Gasteiger partial charge in [0.1, 0.15) is 0 Å². The number of carboxylic acids is 1. The normalized spacial score (nSPS) is 15.5.